The molecule has 40 heavy (non-hydrogen) atoms. The molecule has 1 amide bonds. The fourth-order valence-electron chi connectivity index (χ4n) is 5.07. The highest BCUT2D eigenvalue weighted by Gasteiger charge is 2.27. The van der Waals surface area contributed by atoms with Gasteiger partial charge in [0, 0.05) is 66.9 Å². The van der Waals surface area contributed by atoms with Crippen LogP contribution in [0.5, 0.6) is 0 Å². The maximum absolute atomic E-state index is 16.6. The summed E-state index contributed by atoms with van der Waals surface area (Å²) < 4.78 is 16.6. The molecular formula is C28H26ClFN8OS. The number of likely N-dealkylation sites (N-methyl/N-ethyl adjacent to an activating group) is 1. The zero-order valence-electron chi connectivity index (χ0n) is 21.9. The van der Waals surface area contributed by atoms with Crippen LogP contribution in [-0.2, 0) is 4.79 Å². The lowest BCUT2D eigenvalue weighted by Crippen LogP contribution is -2.48. The number of benzene rings is 2. The van der Waals surface area contributed by atoms with Gasteiger partial charge in [-0.1, -0.05) is 23.7 Å². The lowest BCUT2D eigenvalue weighted by atomic mass is 9.95. The monoisotopic (exact) mass is 576 g/mol. The second-order valence-corrected chi connectivity index (χ2v) is 10.8. The van der Waals surface area contributed by atoms with E-state index >= 15 is 4.39 Å². The molecule has 3 aromatic heterocycles. The third-order valence-electron chi connectivity index (χ3n) is 7.07. The molecular weight excluding hydrogens is 551 g/mol. The number of H-pyrrole nitrogens is 1. The molecule has 204 valence electrons. The Morgan fingerprint density at radius 1 is 1.18 bits per heavy atom. The van der Waals surface area contributed by atoms with Crippen LogP contribution >= 0.6 is 22.9 Å². The van der Waals surface area contributed by atoms with Crippen molar-refractivity contribution in [2.75, 3.05) is 44.7 Å². The molecule has 0 unspecified atom stereocenters. The Balaban J connectivity index is 1.46. The molecule has 0 aliphatic carbocycles. The first-order valence-electron chi connectivity index (χ1n) is 12.8. The summed E-state index contributed by atoms with van der Waals surface area (Å²) in [5, 5.41) is 11.7. The highest BCUT2D eigenvalue weighted by Crippen LogP contribution is 2.42. The Bertz CT molecular complexity index is 1740. The maximum atomic E-state index is 16.6. The van der Waals surface area contributed by atoms with E-state index in [1.54, 1.807) is 34.9 Å². The molecule has 4 heterocycles. The van der Waals surface area contributed by atoms with Gasteiger partial charge in [-0.3, -0.25) is 14.9 Å². The molecule has 2 aromatic carbocycles. The minimum absolute atomic E-state index is 0.0321. The van der Waals surface area contributed by atoms with Crippen LogP contribution < -0.4 is 10.2 Å². The SMILES string of the molecule is CNC/C=C/C(=O)N1CCN(c2nc(-c3cncs3)nc3c(F)c(-c4c(C)ccc5[nH]ncc45)c(Cl)cc23)CC1. The fourth-order valence-corrected chi connectivity index (χ4v) is 5.91. The number of hydrogen-bond acceptors (Lipinski definition) is 8. The standard InChI is InChI=1S/C28H26ClFN8OS/c1-16-5-6-20-18(13-33-36-20)23(16)24-19(29)12-17-26(25(24)30)34-27(21-14-32-15-40-21)35-28(17)38-10-8-37(9-11-38)22(39)4-3-7-31-2/h3-6,12-15,31H,7-11H2,1-2H3,(H,33,36)/b4-3+. The molecule has 0 saturated carbocycles. The summed E-state index contributed by atoms with van der Waals surface area (Å²) in [5.41, 5.74) is 4.49. The summed E-state index contributed by atoms with van der Waals surface area (Å²) in [4.78, 5) is 30.9. The molecule has 1 saturated heterocycles. The van der Waals surface area contributed by atoms with Crippen LogP contribution in [0.3, 0.4) is 0 Å². The lowest BCUT2D eigenvalue weighted by molar-refractivity contribution is -0.126. The number of thiazole rings is 1. The van der Waals surface area contributed by atoms with Crippen molar-refractivity contribution in [3.63, 3.8) is 0 Å². The van der Waals surface area contributed by atoms with Gasteiger partial charge in [-0.25, -0.2) is 14.4 Å². The number of carbonyl (C=O) groups is 1. The fraction of sp³-hybridized carbons (Fsp3) is 0.250. The molecule has 9 nitrogen and oxygen atoms in total. The number of halogens is 2. The van der Waals surface area contributed by atoms with E-state index in [9.17, 15) is 4.79 Å². The number of nitrogens with zero attached hydrogens (tertiary/aromatic N) is 6. The summed E-state index contributed by atoms with van der Waals surface area (Å²) in [7, 11) is 1.83. The molecule has 1 fully saturated rings. The first-order valence-corrected chi connectivity index (χ1v) is 14.1. The Hall–Kier alpha value is -3.93. The van der Waals surface area contributed by atoms with Gasteiger partial charge in [-0.05, 0) is 31.7 Å². The third-order valence-corrected chi connectivity index (χ3v) is 8.14. The van der Waals surface area contributed by atoms with Gasteiger partial charge in [-0.15, -0.1) is 11.3 Å². The predicted octanol–water partition coefficient (Wildman–Crippen LogP) is 4.82. The van der Waals surface area contributed by atoms with Crippen molar-refractivity contribution < 1.29 is 9.18 Å². The maximum Gasteiger partial charge on any atom is 0.246 e. The zero-order chi connectivity index (χ0) is 27.8. The number of carbonyl (C=O) groups excluding carboxylic acids is 1. The van der Waals surface area contributed by atoms with Gasteiger partial charge in [0.15, 0.2) is 11.6 Å². The summed E-state index contributed by atoms with van der Waals surface area (Å²) in [5.74, 6) is 0.424. The number of amides is 1. The second-order valence-electron chi connectivity index (χ2n) is 9.54. The van der Waals surface area contributed by atoms with Crippen LogP contribution in [0.1, 0.15) is 5.56 Å². The number of aryl methyl sites for hydroxylation is 1. The van der Waals surface area contributed by atoms with E-state index in [1.807, 2.05) is 32.2 Å². The van der Waals surface area contributed by atoms with E-state index < -0.39 is 5.82 Å². The number of aromatic nitrogens is 5. The van der Waals surface area contributed by atoms with Crippen molar-refractivity contribution in [2.24, 2.45) is 0 Å². The van der Waals surface area contributed by atoms with Gasteiger partial charge in [0.05, 0.1) is 27.1 Å². The molecule has 0 bridgehead atoms. The topological polar surface area (TPSA) is 103 Å². The third kappa shape index (κ3) is 4.70. The number of hydrogen-bond donors (Lipinski definition) is 2. The zero-order valence-corrected chi connectivity index (χ0v) is 23.5. The Morgan fingerprint density at radius 3 is 2.75 bits per heavy atom. The van der Waals surface area contributed by atoms with E-state index in [-0.39, 0.29) is 22.0 Å². The quantitative estimate of drug-likeness (QED) is 0.279. The highest BCUT2D eigenvalue weighted by atomic mass is 35.5. The van der Waals surface area contributed by atoms with E-state index in [0.717, 1.165) is 21.3 Å². The Morgan fingerprint density at radius 2 is 2.00 bits per heavy atom. The van der Waals surface area contributed by atoms with Crippen LogP contribution in [0.4, 0.5) is 10.2 Å². The largest absolute Gasteiger partial charge is 0.352 e. The lowest BCUT2D eigenvalue weighted by Gasteiger charge is -2.35. The highest BCUT2D eigenvalue weighted by molar-refractivity contribution is 7.13. The van der Waals surface area contributed by atoms with Crippen LogP contribution in [0.25, 0.3) is 43.6 Å². The summed E-state index contributed by atoms with van der Waals surface area (Å²) in [6, 6.07) is 5.58. The van der Waals surface area contributed by atoms with Crippen molar-refractivity contribution in [3.05, 3.63) is 64.7 Å². The molecule has 0 spiro atoms. The molecule has 5 aromatic rings. The first kappa shape index (κ1) is 26.3. The second kappa shape index (κ2) is 10.9. The summed E-state index contributed by atoms with van der Waals surface area (Å²) in [6.07, 6.45) is 6.75. The number of fused-ring (bicyclic) bond motifs is 2. The molecule has 6 rings (SSSR count). The van der Waals surface area contributed by atoms with Gasteiger partial charge >= 0.3 is 0 Å². The van der Waals surface area contributed by atoms with E-state index in [4.69, 9.17) is 16.6 Å². The smallest absolute Gasteiger partial charge is 0.246 e. The van der Waals surface area contributed by atoms with Crippen molar-refractivity contribution in [2.45, 2.75) is 6.92 Å². The predicted molar refractivity (Wildman–Crippen MR) is 157 cm³/mol. The average molecular weight is 577 g/mol. The van der Waals surface area contributed by atoms with Crippen LogP contribution in [0.2, 0.25) is 5.02 Å². The van der Waals surface area contributed by atoms with Crippen LogP contribution in [0, 0.1) is 12.7 Å². The molecule has 1 aliphatic rings. The van der Waals surface area contributed by atoms with Crippen LogP contribution in [-0.4, -0.2) is 75.7 Å². The molecule has 1 aliphatic heterocycles. The van der Waals surface area contributed by atoms with E-state index in [0.29, 0.717) is 55.3 Å². The molecule has 2 N–H and O–H groups in total. The summed E-state index contributed by atoms with van der Waals surface area (Å²) in [6.45, 7) is 4.65. The van der Waals surface area contributed by atoms with Crippen molar-refractivity contribution in [1.29, 1.82) is 0 Å². The Kier molecular flexibility index (Phi) is 7.18. The minimum atomic E-state index is -0.516. The number of nitrogens with one attached hydrogen (secondary N) is 2. The number of piperazine rings is 1. The van der Waals surface area contributed by atoms with Crippen molar-refractivity contribution >= 4 is 56.5 Å². The van der Waals surface area contributed by atoms with Gasteiger partial charge in [0.1, 0.15) is 11.3 Å². The van der Waals surface area contributed by atoms with E-state index in [2.05, 4.69) is 30.4 Å². The first-order chi connectivity index (χ1) is 19.5. The van der Waals surface area contributed by atoms with Crippen molar-refractivity contribution in [3.8, 4) is 21.8 Å². The van der Waals surface area contributed by atoms with Gasteiger partial charge in [0.2, 0.25) is 5.91 Å². The number of aromatic amines is 1. The van der Waals surface area contributed by atoms with Gasteiger partial charge in [0.25, 0.3) is 0 Å². The molecule has 12 heteroatoms. The van der Waals surface area contributed by atoms with Gasteiger partial charge < -0.3 is 15.1 Å². The summed E-state index contributed by atoms with van der Waals surface area (Å²) >= 11 is 8.23. The molecule has 0 radical (unpaired) electrons. The van der Waals surface area contributed by atoms with Crippen molar-refractivity contribution in [1.82, 2.24) is 35.4 Å². The number of anilines is 1. The van der Waals surface area contributed by atoms with E-state index in [1.165, 1.54) is 11.3 Å². The van der Waals surface area contributed by atoms with Gasteiger partial charge in [-0.2, -0.15) is 5.10 Å². The van der Waals surface area contributed by atoms with Crippen LogP contribution in [0.15, 0.2) is 48.3 Å². The minimum Gasteiger partial charge on any atom is -0.352 e. The normalized spacial score (nSPS) is 14.2. The molecule has 0 atom stereocenters. The average Bonchev–Trinajstić information content (AvgIpc) is 3.67. The Labute approximate surface area is 238 Å². The number of rotatable bonds is 6.